The molecule has 0 spiro atoms. The van der Waals surface area contributed by atoms with Crippen LogP contribution in [0, 0.1) is 16.0 Å². The molecular weight excluding hydrogens is 278 g/mol. The summed E-state index contributed by atoms with van der Waals surface area (Å²) in [6, 6.07) is 3.76. The van der Waals surface area contributed by atoms with Crippen molar-refractivity contribution in [3.63, 3.8) is 0 Å². The molecule has 1 aromatic carbocycles. The maximum Gasteiger partial charge on any atom is 0.338 e. The number of carboxylic acids is 1. The first kappa shape index (κ1) is 16.4. The number of nitro benzene ring substituents is 1. The number of para-hydroxylation sites is 1. The number of hydrogen-bond acceptors (Lipinski definition) is 5. The number of nitrogens with two attached hydrogens (primary N) is 1. The second-order valence-corrected chi connectivity index (χ2v) is 4.98. The van der Waals surface area contributed by atoms with Gasteiger partial charge in [0.1, 0.15) is 5.69 Å². The van der Waals surface area contributed by atoms with Crippen LogP contribution in [-0.4, -0.2) is 35.0 Å². The molecule has 0 unspecified atom stereocenters. The molecule has 0 aliphatic heterocycles. The summed E-state index contributed by atoms with van der Waals surface area (Å²) in [7, 11) is 0. The van der Waals surface area contributed by atoms with Crippen molar-refractivity contribution >= 4 is 23.3 Å². The standard InChI is InChI=1S/C13H17N3O5/c1-8(2)6-15(7-11(14)17)12-9(13(18)19)4-3-5-10(12)16(20)21/h3-5,8H,6-7H2,1-2H3,(H2,14,17)(H,18,19). The third-order valence-corrected chi connectivity index (χ3v) is 2.69. The van der Waals surface area contributed by atoms with Gasteiger partial charge in [-0.3, -0.25) is 14.9 Å². The minimum absolute atomic E-state index is 0.0609. The Bertz CT molecular complexity index is 539. The van der Waals surface area contributed by atoms with Gasteiger partial charge in [-0.1, -0.05) is 19.9 Å². The fourth-order valence-electron chi connectivity index (χ4n) is 2.05. The Balaban J connectivity index is 3.48. The lowest BCUT2D eigenvalue weighted by atomic mass is 10.1. The number of rotatable bonds is 7. The third-order valence-electron chi connectivity index (χ3n) is 2.69. The molecule has 0 atom stereocenters. The first-order valence-corrected chi connectivity index (χ1v) is 6.28. The van der Waals surface area contributed by atoms with E-state index >= 15 is 0 Å². The zero-order valence-corrected chi connectivity index (χ0v) is 11.8. The summed E-state index contributed by atoms with van der Waals surface area (Å²) in [6.07, 6.45) is 0. The fourth-order valence-corrected chi connectivity index (χ4v) is 2.05. The number of primary amides is 1. The van der Waals surface area contributed by atoms with Gasteiger partial charge in [-0.15, -0.1) is 0 Å². The SMILES string of the molecule is CC(C)CN(CC(N)=O)c1c(C(=O)O)cccc1[N+](=O)[O-]. The molecule has 1 amide bonds. The number of nitro groups is 1. The van der Waals surface area contributed by atoms with E-state index in [1.807, 2.05) is 13.8 Å². The highest BCUT2D eigenvalue weighted by atomic mass is 16.6. The second kappa shape index (κ2) is 6.69. The van der Waals surface area contributed by atoms with Crippen molar-refractivity contribution in [2.24, 2.45) is 11.7 Å². The normalized spacial score (nSPS) is 10.4. The molecule has 0 radical (unpaired) electrons. The van der Waals surface area contributed by atoms with Crippen molar-refractivity contribution < 1.29 is 19.6 Å². The Morgan fingerprint density at radius 2 is 2.05 bits per heavy atom. The molecule has 0 saturated carbocycles. The molecular formula is C13H17N3O5. The minimum Gasteiger partial charge on any atom is -0.478 e. The van der Waals surface area contributed by atoms with E-state index in [0.717, 1.165) is 0 Å². The van der Waals surface area contributed by atoms with Crippen LogP contribution < -0.4 is 10.6 Å². The molecule has 114 valence electrons. The highest BCUT2D eigenvalue weighted by Gasteiger charge is 2.27. The van der Waals surface area contributed by atoms with Crippen molar-refractivity contribution in [1.82, 2.24) is 0 Å². The van der Waals surface area contributed by atoms with Gasteiger partial charge in [0.15, 0.2) is 0 Å². The summed E-state index contributed by atoms with van der Waals surface area (Å²) >= 11 is 0. The molecule has 0 saturated heterocycles. The summed E-state index contributed by atoms with van der Waals surface area (Å²) in [5, 5.41) is 20.4. The Hall–Kier alpha value is -2.64. The summed E-state index contributed by atoms with van der Waals surface area (Å²) in [6.45, 7) is 3.68. The topological polar surface area (TPSA) is 127 Å². The van der Waals surface area contributed by atoms with Crippen molar-refractivity contribution in [1.29, 1.82) is 0 Å². The average Bonchev–Trinajstić information content (AvgIpc) is 2.35. The Morgan fingerprint density at radius 1 is 1.43 bits per heavy atom. The Labute approximate surface area is 121 Å². The number of benzene rings is 1. The lowest BCUT2D eigenvalue weighted by molar-refractivity contribution is -0.384. The van der Waals surface area contributed by atoms with Gasteiger partial charge in [0.05, 0.1) is 17.0 Å². The molecule has 1 rings (SSSR count). The summed E-state index contributed by atoms with van der Waals surface area (Å²) < 4.78 is 0. The fraction of sp³-hybridized carbons (Fsp3) is 0.385. The summed E-state index contributed by atoms with van der Waals surface area (Å²) in [5.41, 5.74) is 4.47. The maximum atomic E-state index is 11.3. The minimum atomic E-state index is -1.30. The summed E-state index contributed by atoms with van der Waals surface area (Å²) in [4.78, 5) is 34.3. The van der Waals surface area contributed by atoms with Crippen LogP contribution in [-0.2, 0) is 4.79 Å². The van der Waals surface area contributed by atoms with E-state index in [4.69, 9.17) is 5.73 Å². The molecule has 3 N–H and O–H groups in total. The van der Waals surface area contributed by atoms with Gasteiger partial charge in [0.2, 0.25) is 5.91 Å². The first-order valence-electron chi connectivity index (χ1n) is 6.28. The Morgan fingerprint density at radius 3 is 2.48 bits per heavy atom. The number of carbonyl (C=O) groups is 2. The number of amides is 1. The van der Waals surface area contributed by atoms with Crippen LogP contribution in [0.4, 0.5) is 11.4 Å². The van der Waals surface area contributed by atoms with Gasteiger partial charge in [-0.05, 0) is 12.0 Å². The largest absolute Gasteiger partial charge is 0.478 e. The average molecular weight is 295 g/mol. The number of anilines is 1. The molecule has 0 bridgehead atoms. The number of hydrogen-bond donors (Lipinski definition) is 2. The van der Waals surface area contributed by atoms with Gasteiger partial charge in [-0.2, -0.15) is 0 Å². The van der Waals surface area contributed by atoms with Crippen LogP contribution in [0.15, 0.2) is 18.2 Å². The zero-order chi connectivity index (χ0) is 16.2. The lowest BCUT2D eigenvalue weighted by Gasteiger charge is -2.26. The van der Waals surface area contributed by atoms with E-state index < -0.39 is 16.8 Å². The Kier molecular flexibility index (Phi) is 5.23. The van der Waals surface area contributed by atoms with E-state index in [0.29, 0.717) is 0 Å². The third kappa shape index (κ3) is 4.16. The number of nitrogens with zero attached hydrogens (tertiary/aromatic N) is 2. The molecule has 1 aromatic rings. The lowest BCUT2D eigenvalue weighted by Crippen LogP contribution is -2.37. The van der Waals surface area contributed by atoms with Crippen LogP contribution in [0.1, 0.15) is 24.2 Å². The predicted octanol–water partition coefficient (Wildman–Crippen LogP) is 1.24. The quantitative estimate of drug-likeness (QED) is 0.575. The van der Waals surface area contributed by atoms with Gasteiger partial charge in [0, 0.05) is 12.6 Å². The number of carboxylic acid groups (broad SMARTS) is 1. The highest BCUT2D eigenvalue weighted by Crippen LogP contribution is 2.32. The smallest absolute Gasteiger partial charge is 0.338 e. The molecule has 8 nitrogen and oxygen atoms in total. The molecule has 0 fully saturated rings. The van der Waals surface area contributed by atoms with E-state index in [1.54, 1.807) is 0 Å². The molecule has 0 aliphatic rings. The highest BCUT2D eigenvalue weighted by molar-refractivity contribution is 5.98. The second-order valence-electron chi connectivity index (χ2n) is 4.98. The number of carbonyl (C=O) groups excluding carboxylic acids is 1. The molecule has 0 aromatic heterocycles. The van der Waals surface area contributed by atoms with E-state index in [2.05, 4.69) is 0 Å². The van der Waals surface area contributed by atoms with Crippen LogP contribution >= 0.6 is 0 Å². The van der Waals surface area contributed by atoms with Gasteiger partial charge in [-0.25, -0.2) is 4.79 Å². The van der Waals surface area contributed by atoms with Crippen LogP contribution in [0.2, 0.25) is 0 Å². The first-order chi connectivity index (χ1) is 9.73. The maximum absolute atomic E-state index is 11.3. The van der Waals surface area contributed by atoms with Crippen molar-refractivity contribution in [3.8, 4) is 0 Å². The van der Waals surface area contributed by atoms with Gasteiger partial charge < -0.3 is 15.7 Å². The van der Waals surface area contributed by atoms with Crippen molar-refractivity contribution in [2.45, 2.75) is 13.8 Å². The van der Waals surface area contributed by atoms with E-state index in [1.165, 1.54) is 23.1 Å². The van der Waals surface area contributed by atoms with Gasteiger partial charge >= 0.3 is 5.97 Å². The van der Waals surface area contributed by atoms with Crippen LogP contribution in [0.5, 0.6) is 0 Å². The van der Waals surface area contributed by atoms with Gasteiger partial charge in [0.25, 0.3) is 5.69 Å². The van der Waals surface area contributed by atoms with Crippen molar-refractivity contribution in [3.05, 3.63) is 33.9 Å². The summed E-state index contributed by atoms with van der Waals surface area (Å²) in [5.74, 6) is -1.93. The number of aromatic carboxylic acids is 1. The molecule has 0 aliphatic carbocycles. The van der Waals surface area contributed by atoms with E-state index in [9.17, 15) is 24.8 Å². The molecule has 0 heterocycles. The molecule has 8 heteroatoms. The van der Waals surface area contributed by atoms with Crippen molar-refractivity contribution in [2.75, 3.05) is 18.0 Å². The van der Waals surface area contributed by atoms with Crippen LogP contribution in [0.25, 0.3) is 0 Å². The van der Waals surface area contributed by atoms with E-state index in [-0.39, 0.29) is 35.9 Å². The zero-order valence-electron chi connectivity index (χ0n) is 11.8. The predicted molar refractivity (Wildman–Crippen MR) is 76.3 cm³/mol. The monoisotopic (exact) mass is 295 g/mol. The van der Waals surface area contributed by atoms with Crippen LogP contribution in [0.3, 0.4) is 0 Å². The molecule has 21 heavy (non-hydrogen) atoms.